The Morgan fingerprint density at radius 2 is 0.793 bits per heavy atom. The maximum Gasteiger partial charge on any atom is 0.243 e. The molecule has 116 heavy (non-hydrogen) atoms. The Bertz CT molecular complexity index is 5580. The Labute approximate surface area is 673 Å². The highest BCUT2D eigenvalue weighted by Crippen LogP contribution is 2.47. The molecule has 1 aliphatic rings. The van der Waals surface area contributed by atoms with Crippen molar-refractivity contribution in [3.63, 3.8) is 0 Å². The van der Waals surface area contributed by atoms with Crippen molar-refractivity contribution in [2.45, 2.75) is 139 Å². The number of nitrogen functional groups attached to an aromatic ring is 5. The van der Waals surface area contributed by atoms with Crippen LogP contribution in [0, 0.1) is 34.6 Å². The number of nitrogens with zero attached hydrogens (tertiary/aromatic N) is 21. The van der Waals surface area contributed by atoms with Crippen LogP contribution >= 0.6 is 11.3 Å². The number of pyridine rings is 5. The van der Waals surface area contributed by atoms with Gasteiger partial charge in [-0.2, -0.15) is 15.3 Å². The van der Waals surface area contributed by atoms with E-state index in [1.54, 1.807) is 138 Å². The van der Waals surface area contributed by atoms with E-state index in [1.807, 2.05) is 69.3 Å². The van der Waals surface area contributed by atoms with E-state index in [0.29, 0.717) is 133 Å². The van der Waals surface area contributed by atoms with Gasteiger partial charge in [0.25, 0.3) is 0 Å². The highest BCUT2D eigenvalue weighted by molar-refractivity contribution is 7.07. The van der Waals surface area contributed by atoms with Gasteiger partial charge in [0.05, 0.1) is 90.7 Å². The van der Waals surface area contributed by atoms with Crippen LogP contribution in [0.15, 0.2) is 140 Å². The normalized spacial score (nSPS) is 11.5. The van der Waals surface area contributed by atoms with Gasteiger partial charge in [0.1, 0.15) is 57.9 Å². The first-order valence-electron chi connectivity index (χ1n) is 36.9. The third kappa shape index (κ3) is 21.5. The van der Waals surface area contributed by atoms with Crippen molar-refractivity contribution in [1.82, 2.24) is 110 Å². The first-order chi connectivity index (χ1) is 55.5. The molecule has 1 fully saturated rings. The van der Waals surface area contributed by atoms with Crippen LogP contribution in [-0.2, 0) is 7.05 Å². The number of thiazole rings is 1. The van der Waals surface area contributed by atoms with Gasteiger partial charge >= 0.3 is 0 Å². The second kappa shape index (κ2) is 37.5. The van der Waals surface area contributed by atoms with Gasteiger partial charge in [0, 0.05) is 144 Å². The fraction of sp³-hybridized carbons (Fsp3) is 0.284. The largest absolute Gasteiger partial charge is 0.481 e. The van der Waals surface area contributed by atoms with Crippen LogP contribution in [0.2, 0.25) is 0 Å². The fourth-order valence-electron chi connectivity index (χ4n) is 11.1. The average Bonchev–Trinajstić information content (AvgIpc) is 1.42. The molecule has 14 aromatic heterocycles. The fourth-order valence-corrected chi connectivity index (χ4v) is 11.6. The highest BCUT2D eigenvalue weighted by atomic mass is 32.1. The Morgan fingerprint density at radius 1 is 0.422 bits per heavy atom. The zero-order valence-corrected chi connectivity index (χ0v) is 67.9. The Balaban J connectivity index is 0.000000143. The molecule has 14 aromatic rings. The number of carbonyl (C=O) groups excluding carboxylic acids is 1. The van der Waals surface area contributed by atoms with Gasteiger partial charge in [-0.3, -0.25) is 34.5 Å². The molecular weight excluding hydrogens is 1500 g/mol. The number of aromatic nitrogens is 22. The summed E-state index contributed by atoms with van der Waals surface area (Å²) in [6.07, 6.45) is 29.6. The zero-order valence-electron chi connectivity index (χ0n) is 67.1. The molecule has 0 atom stereocenters. The molecule has 0 amide bonds. The van der Waals surface area contributed by atoms with Gasteiger partial charge in [-0.1, -0.05) is 55.4 Å². The van der Waals surface area contributed by atoms with Crippen molar-refractivity contribution in [2.75, 3.05) is 35.8 Å². The molecule has 0 bridgehead atoms. The van der Waals surface area contributed by atoms with E-state index >= 15 is 0 Å². The number of H-pyrrole nitrogens is 1. The summed E-state index contributed by atoms with van der Waals surface area (Å²) >= 11 is 1.53. The second-order valence-corrected chi connectivity index (χ2v) is 28.6. The summed E-state index contributed by atoms with van der Waals surface area (Å²) in [6.45, 7) is 26.9. The maximum absolute atomic E-state index is 11.4. The van der Waals surface area contributed by atoms with Crippen LogP contribution in [0.1, 0.15) is 166 Å². The number of nitrogens with one attached hydrogen (secondary N) is 1. The number of rotatable bonds is 20. The molecule has 0 radical (unpaired) electrons. The summed E-state index contributed by atoms with van der Waals surface area (Å²) in [6, 6.07) is 9.22. The summed E-state index contributed by atoms with van der Waals surface area (Å²) < 4.78 is 38.0. The van der Waals surface area contributed by atoms with Crippen molar-refractivity contribution in [3.05, 3.63) is 197 Å². The molecular formula is C81H91N27O7S. The van der Waals surface area contributed by atoms with E-state index in [0.717, 1.165) is 74.6 Å². The van der Waals surface area contributed by atoms with E-state index in [2.05, 4.69) is 142 Å². The van der Waals surface area contributed by atoms with Crippen LogP contribution < -0.4 is 57.1 Å². The average molecular weight is 1590 g/mol. The van der Waals surface area contributed by atoms with Crippen LogP contribution in [0.25, 0.3) is 45.2 Å². The zero-order chi connectivity index (χ0) is 83.0. The van der Waals surface area contributed by atoms with Gasteiger partial charge in [0.2, 0.25) is 11.8 Å². The Kier molecular flexibility index (Phi) is 26.8. The summed E-state index contributed by atoms with van der Waals surface area (Å²) in [7, 11) is 3.44. The molecule has 1 saturated carbocycles. The van der Waals surface area contributed by atoms with Crippen molar-refractivity contribution < 1.29 is 33.2 Å². The van der Waals surface area contributed by atoms with E-state index in [-0.39, 0.29) is 35.4 Å². The molecule has 35 heteroatoms. The first-order valence-corrected chi connectivity index (χ1v) is 37.8. The van der Waals surface area contributed by atoms with E-state index < -0.39 is 0 Å². The van der Waals surface area contributed by atoms with E-state index in [9.17, 15) is 4.79 Å². The van der Waals surface area contributed by atoms with Crippen molar-refractivity contribution in [1.29, 1.82) is 0 Å². The molecule has 0 saturated heterocycles. The molecule has 0 aromatic carbocycles. The summed E-state index contributed by atoms with van der Waals surface area (Å²) in [5.74, 6) is 11.9. The van der Waals surface area contributed by atoms with Crippen molar-refractivity contribution in [3.8, 4) is 109 Å². The van der Waals surface area contributed by atoms with Crippen LogP contribution in [0.5, 0.6) is 63.4 Å². The number of hydrogen-bond donors (Lipinski definition) is 6. The second-order valence-electron chi connectivity index (χ2n) is 27.9. The van der Waals surface area contributed by atoms with Crippen LogP contribution in [0.3, 0.4) is 0 Å². The highest BCUT2D eigenvalue weighted by Gasteiger charge is 2.29. The lowest BCUT2D eigenvalue weighted by Gasteiger charge is -2.15. The minimum Gasteiger partial charge on any atom is -0.481 e. The molecule has 11 N–H and O–H groups in total. The van der Waals surface area contributed by atoms with Crippen LogP contribution in [0.4, 0.5) is 29.1 Å². The number of hydrogen-bond acceptors (Lipinski definition) is 32. The van der Waals surface area contributed by atoms with Crippen molar-refractivity contribution >= 4 is 46.3 Å². The first kappa shape index (κ1) is 82.8. The van der Waals surface area contributed by atoms with E-state index in [4.69, 9.17) is 57.1 Å². The predicted octanol–water partition coefficient (Wildman–Crippen LogP) is 15.6. The number of aryl methyl sites for hydroxylation is 6. The SMILES string of the molecule is CC(=O)n1cc(-c2cc(Oc3cnc(C)nc3N)c(C(C)C)cn2)cn1.COc1cc(Oc2cnc(C)nc2N)c(C2CC2)cn1.Cc1ncc(Oc2cc(-c3cn[nH]c3)ncc2C(C)C)c(N)n1.Cc1ncc(Oc2cc(-c3cnn(C)c3)ncc2C(C)C)c(N)n1.Cc1ncc(Oc2cc(-c3cscn3)ncc2C(C)C)c(N)n1. The standard InChI is InChI=1S/C18H20N6O2.C17H20N6O.C16H18N6O.C16H17N5OS.C14H16N4O2/c1-10(2)14-7-21-15(13-6-22-24(9-13)12(4)25)5-16(14)26-17-8-20-11(3)23-18(17)19;1-10(2)13-7-20-14(12-6-21-23(4)9-12)5-15(13)24-16-8-19-11(3)22-17(16)18;1-9(2)12-7-19-13(11-5-20-21-6-11)4-14(12)23-15-8-18-10(3)22-16(15)17;1-9(2)11-5-19-12(13-7-23-8-20-13)4-14(11)22-15-6-18-10(3)21-16(15)17;1-8-16-7-12(14(15)18-8)20-11-5-13(19-2)17-6-10(11)9-3-4-9/h5-10H,1-4H3,(H2,19,20,23);5-10H,1-4H3,(H2,18,19,22);4-9H,1-3H3,(H,20,21)(H2,17,18,22);4-9H,1-3H3,(H2,17,18,21);5-7,9H,3-4H2,1-2H3,(H2,15,16,18). The van der Waals surface area contributed by atoms with Gasteiger partial charge in [-0.15, -0.1) is 11.3 Å². The number of methoxy groups -OCH3 is 1. The van der Waals surface area contributed by atoms with Gasteiger partial charge < -0.3 is 57.1 Å². The minimum absolute atomic E-state index is 0.170. The quantitative estimate of drug-likeness (QED) is 0.0413. The summed E-state index contributed by atoms with van der Waals surface area (Å²) in [4.78, 5) is 79.2. The number of carbonyl (C=O) groups is 1. The molecule has 0 unspecified atom stereocenters. The van der Waals surface area contributed by atoms with Crippen molar-refractivity contribution in [2.24, 2.45) is 7.05 Å². The van der Waals surface area contributed by atoms with Crippen LogP contribution in [-0.4, -0.2) is 123 Å². The number of nitrogens with two attached hydrogens (primary N) is 5. The lowest BCUT2D eigenvalue weighted by atomic mass is 10.0. The van der Waals surface area contributed by atoms with Gasteiger partial charge in [0.15, 0.2) is 57.8 Å². The summed E-state index contributed by atoms with van der Waals surface area (Å²) in [5, 5.41) is 16.9. The monoisotopic (exact) mass is 1590 g/mol. The Morgan fingerprint density at radius 3 is 1.11 bits per heavy atom. The predicted molar refractivity (Wildman–Crippen MR) is 441 cm³/mol. The third-order valence-electron chi connectivity index (χ3n) is 17.5. The number of ether oxygens (including phenoxy) is 6. The molecule has 15 rings (SSSR count). The van der Waals surface area contributed by atoms with E-state index in [1.165, 1.54) is 22.9 Å². The Hall–Kier alpha value is -14.1. The van der Waals surface area contributed by atoms with Gasteiger partial charge in [-0.25, -0.2) is 64.5 Å². The molecule has 598 valence electrons. The molecule has 34 nitrogen and oxygen atoms in total. The maximum atomic E-state index is 11.4. The minimum atomic E-state index is -0.170. The van der Waals surface area contributed by atoms with Gasteiger partial charge in [-0.05, 0) is 77.0 Å². The number of aromatic amines is 1. The number of anilines is 5. The lowest BCUT2D eigenvalue weighted by molar-refractivity contribution is 0.0921. The molecule has 0 spiro atoms. The molecule has 0 aliphatic heterocycles. The smallest absolute Gasteiger partial charge is 0.243 e. The summed E-state index contributed by atoms with van der Waals surface area (Å²) in [5.41, 5.74) is 42.6. The lowest BCUT2D eigenvalue weighted by Crippen LogP contribution is -2.04. The molecule has 1 aliphatic carbocycles. The topological polar surface area (TPSA) is 473 Å². The third-order valence-corrected chi connectivity index (χ3v) is 18.1. The molecule has 14 heterocycles.